The fraction of sp³-hybridized carbons (Fsp3) is 0.0526. The third-order valence-electron chi connectivity index (χ3n) is 3.58. The summed E-state index contributed by atoms with van der Waals surface area (Å²) in [5, 5.41) is 2.09. The average Bonchev–Trinajstić information content (AvgIpc) is 2.55. The minimum Gasteiger partial charge on any atom is -0.481 e. The van der Waals surface area contributed by atoms with Gasteiger partial charge in [-0.3, -0.25) is 0 Å². The molecular formula is C19H12Cl4OS. The van der Waals surface area contributed by atoms with Crippen LogP contribution in [0.1, 0.15) is 17.2 Å². The SMILES string of the molecule is Sc1ccc(OC(c2ccc(Cl)cc2Cl)c2ccc(Cl)cc2Cl)cc1. The largest absolute Gasteiger partial charge is 0.481 e. The van der Waals surface area contributed by atoms with Crippen LogP contribution in [0.2, 0.25) is 20.1 Å². The fourth-order valence-corrected chi connectivity index (χ4v) is 3.55. The Morgan fingerprint density at radius 2 is 1.16 bits per heavy atom. The maximum Gasteiger partial charge on any atom is 0.152 e. The van der Waals surface area contributed by atoms with E-state index in [1.807, 2.05) is 36.4 Å². The van der Waals surface area contributed by atoms with E-state index < -0.39 is 6.10 Å². The van der Waals surface area contributed by atoms with Crippen molar-refractivity contribution in [3.63, 3.8) is 0 Å². The van der Waals surface area contributed by atoms with Gasteiger partial charge in [0.2, 0.25) is 0 Å². The summed E-state index contributed by atoms with van der Waals surface area (Å²) in [6.07, 6.45) is -0.514. The van der Waals surface area contributed by atoms with Crippen LogP contribution in [0.4, 0.5) is 0 Å². The van der Waals surface area contributed by atoms with Crippen molar-refractivity contribution in [3.8, 4) is 5.75 Å². The van der Waals surface area contributed by atoms with E-state index in [2.05, 4.69) is 12.6 Å². The first-order chi connectivity index (χ1) is 11.9. The van der Waals surface area contributed by atoms with Crippen LogP contribution >= 0.6 is 59.0 Å². The highest BCUT2D eigenvalue weighted by molar-refractivity contribution is 7.80. The minimum atomic E-state index is -0.514. The van der Waals surface area contributed by atoms with Gasteiger partial charge in [0.15, 0.2) is 6.10 Å². The lowest BCUT2D eigenvalue weighted by atomic mass is 10.0. The minimum absolute atomic E-state index is 0.495. The van der Waals surface area contributed by atoms with Gasteiger partial charge in [-0.2, -0.15) is 0 Å². The van der Waals surface area contributed by atoms with E-state index in [-0.39, 0.29) is 0 Å². The maximum atomic E-state index is 6.40. The normalized spacial score (nSPS) is 11.0. The van der Waals surface area contributed by atoms with Crippen molar-refractivity contribution < 1.29 is 4.74 Å². The molecule has 128 valence electrons. The van der Waals surface area contributed by atoms with Crippen LogP contribution in [0.15, 0.2) is 65.6 Å². The summed E-state index contributed by atoms with van der Waals surface area (Å²) in [5.41, 5.74) is 1.51. The number of hydrogen-bond donors (Lipinski definition) is 1. The number of hydrogen-bond acceptors (Lipinski definition) is 2. The van der Waals surface area contributed by atoms with Gasteiger partial charge in [0, 0.05) is 36.1 Å². The second-order valence-electron chi connectivity index (χ2n) is 5.32. The molecule has 0 N–H and O–H groups in total. The van der Waals surface area contributed by atoms with Gasteiger partial charge in [-0.05, 0) is 48.5 Å². The van der Waals surface area contributed by atoms with Crippen LogP contribution in [0.3, 0.4) is 0 Å². The van der Waals surface area contributed by atoms with Gasteiger partial charge in [0.05, 0.1) is 0 Å². The standard InChI is InChI=1S/C19H12Cl4OS/c20-11-1-7-15(17(22)9-11)19(16-8-2-12(21)10-18(16)23)24-13-3-5-14(25)6-4-13/h1-10,19,25H. The lowest BCUT2D eigenvalue weighted by molar-refractivity contribution is 0.247. The monoisotopic (exact) mass is 428 g/mol. The Morgan fingerprint density at radius 3 is 1.60 bits per heavy atom. The smallest absolute Gasteiger partial charge is 0.152 e. The highest BCUT2D eigenvalue weighted by atomic mass is 35.5. The molecule has 6 heteroatoms. The Hall–Kier alpha value is -1.03. The van der Waals surface area contributed by atoms with Crippen LogP contribution in [0.5, 0.6) is 5.75 Å². The Balaban J connectivity index is 2.08. The topological polar surface area (TPSA) is 9.23 Å². The molecule has 0 aliphatic rings. The first-order valence-electron chi connectivity index (χ1n) is 7.29. The molecule has 3 rings (SSSR count). The highest BCUT2D eigenvalue weighted by Gasteiger charge is 2.22. The molecule has 0 saturated heterocycles. The fourth-order valence-electron chi connectivity index (χ4n) is 2.38. The molecule has 0 fully saturated rings. The summed E-state index contributed by atoms with van der Waals surface area (Å²) in [6.45, 7) is 0. The summed E-state index contributed by atoms with van der Waals surface area (Å²) in [5.74, 6) is 0.667. The number of thiol groups is 1. The summed E-state index contributed by atoms with van der Waals surface area (Å²) < 4.78 is 6.19. The van der Waals surface area contributed by atoms with E-state index in [1.165, 1.54) is 0 Å². The van der Waals surface area contributed by atoms with Crippen LogP contribution in [0.25, 0.3) is 0 Å². The van der Waals surface area contributed by atoms with E-state index in [0.717, 1.165) is 16.0 Å². The zero-order chi connectivity index (χ0) is 18.0. The van der Waals surface area contributed by atoms with E-state index in [4.69, 9.17) is 51.1 Å². The first kappa shape index (κ1) is 18.8. The molecular weight excluding hydrogens is 418 g/mol. The molecule has 0 aromatic heterocycles. The van der Waals surface area contributed by atoms with Gasteiger partial charge < -0.3 is 4.74 Å². The summed E-state index contributed by atoms with van der Waals surface area (Å²) in [4.78, 5) is 0.845. The summed E-state index contributed by atoms with van der Waals surface area (Å²) in [7, 11) is 0. The van der Waals surface area contributed by atoms with Crippen LogP contribution in [-0.2, 0) is 0 Å². The number of halogens is 4. The molecule has 0 radical (unpaired) electrons. The number of ether oxygens (including phenoxy) is 1. The average molecular weight is 430 g/mol. The van der Waals surface area contributed by atoms with E-state index in [0.29, 0.717) is 25.8 Å². The predicted octanol–water partition coefficient (Wildman–Crippen LogP) is 7.76. The summed E-state index contributed by atoms with van der Waals surface area (Å²) >= 11 is 29.1. The van der Waals surface area contributed by atoms with Gasteiger partial charge in [-0.25, -0.2) is 0 Å². The summed E-state index contributed by atoms with van der Waals surface area (Å²) in [6, 6.07) is 17.9. The molecule has 1 nitrogen and oxygen atoms in total. The third-order valence-corrected chi connectivity index (χ3v) is 5.00. The zero-order valence-electron chi connectivity index (χ0n) is 12.7. The maximum absolute atomic E-state index is 6.40. The zero-order valence-corrected chi connectivity index (χ0v) is 16.6. The Bertz CT molecular complexity index is 845. The van der Waals surface area contributed by atoms with Crippen molar-refractivity contribution in [2.75, 3.05) is 0 Å². The molecule has 0 heterocycles. The molecule has 25 heavy (non-hydrogen) atoms. The van der Waals surface area contributed by atoms with Crippen LogP contribution in [0, 0.1) is 0 Å². The molecule has 0 unspecified atom stereocenters. The van der Waals surface area contributed by atoms with Crippen LogP contribution in [-0.4, -0.2) is 0 Å². The molecule has 0 saturated carbocycles. The molecule has 0 amide bonds. The van der Waals surface area contributed by atoms with Crippen molar-refractivity contribution in [2.24, 2.45) is 0 Å². The molecule has 0 aliphatic heterocycles. The molecule has 0 atom stereocenters. The predicted molar refractivity (Wildman–Crippen MR) is 109 cm³/mol. The second kappa shape index (κ2) is 8.11. The van der Waals surface area contributed by atoms with Crippen LogP contribution < -0.4 is 4.74 Å². The molecule has 0 bridgehead atoms. The molecule has 3 aromatic carbocycles. The van der Waals surface area contributed by atoms with E-state index >= 15 is 0 Å². The number of benzene rings is 3. The molecule has 0 aliphatic carbocycles. The van der Waals surface area contributed by atoms with E-state index in [1.54, 1.807) is 24.3 Å². The van der Waals surface area contributed by atoms with Crippen molar-refractivity contribution in [2.45, 2.75) is 11.0 Å². The van der Waals surface area contributed by atoms with Crippen molar-refractivity contribution in [1.82, 2.24) is 0 Å². The van der Waals surface area contributed by atoms with Gasteiger partial charge in [-0.15, -0.1) is 12.6 Å². The first-order valence-corrected chi connectivity index (χ1v) is 9.25. The van der Waals surface area contributed by atoms with Gasteiger partial charge >= 0.3 is 0 Å². The molecule has 3 aromatic rings. The number of rotatable bonds is 4. The lowest BCUT2D eigenvalue weighted by Gasteiger charge is -2.22. The van der Waals surface area contributed by atoms with Gasteiger partial charge in [-0.1, -0.05) is 58.5 Å². The van der Waals surface area contributed by atoms with Crippen molar-refractivity contribution >= 4 is 59.0 Å². The third kappa shape index (κ3) is 4.58. The van der Waals surface area contributed by atoms with Gasteiger partial charge in [0.25, 0.3) is 0 Å². The highest BCUT2D eigenvalue weighted by Crippen LogP contribution is 2.38. The quantitative estimate of drug-likeness (QED) is 0.417. The lowest BCUT2D eigenvalue weighted by Crippen LogP contribution is -2.11. The Labute approximate surface area is 171 Å². The van der Waals surface area contributed by atoms with Gasteiger partial charge in [0.1, 0.15) is 5.75 Å². The van der Waals surface area contributed by atoms with Crippen molar-refractivity contribution in [3.05, 3.63) is 91.9 Å². The Kier molecular flexibility index (Phi) is 6.08. The van der Waals surface area contributed by atoms with E-state index in [9.17, 15) is 0 Å². The van der Waals surface area contributed by atoms with Crippen molar-refractivity contribution in [1.29, 1.82) is 0 Å². The Morgan fingerprint density at radius 1 is 0.680 bits per heavy atom. The molecule has 0 spiro atoms. The second-order valence-corrected chi connectivity index (χ2v) is 7.53.